The number of H-pyrrole nitrogens is 1. The van der Waals surface area contributed by atoms with E-state index in [4.69, 9.17) is 0 Å². The van der Waals surface area contributed by atoms with Crippen LogP contribution in [0.5, 0.6) is 0 Å². The molecule has 1 amide bonds. The molecule has 20 heavy (non-hydrogen) atoms. The molecule has 0 spiro atoms. The fourth-order valence-corrected chi connectivity index (χ4v) is 2.86. The second-order valence-electron chi connectivity index (χ2n) is 5.47. The van der Waals surface area contributed by atoms with Gasteiger partial charge in [0.1, 0.15) is 0 Å². The second kappa shape index (κ2) is 6.09. The average molecular weight is 271 g/mol. The Labute approximate surface area is 118 Å². The van der Waals surface area contributed by atoms with Crippen LogP contribution in [0.3, 0.4) is 0 Å². The molecule has 2 heterocycles. The van der Waals surface area contributed by atoms with Crippen LogP contribution in [0.25, 0.3) is 10.9 Å². The first-order chi connectivity index (χ1) is 9.83. The van der Waals surface area contributed by atoms with Gasteiger partial charge >= 0.3 is 0 Å². The molecule has 0 radical (unpaired) electrons. The number of aromatic nitrogens is 1. The summed E-state index contributed by atoms with van der Waals surface area (Å²) in [5.41, 5.74) is 2.36. The lowest BCUT2D eigenvalue weighted by molar-refractivity contribution is -0.121. The molecule has 0 saturated carbocycles. The number of rotatable bonds is 4. The van der Waals surface area contributed by atoms with E-state index in [2.05, 4.69) is 27.8 Å². The molecule has 1 aliphatic rings. The van der Waals surface area contributed by atoms with Crippen LogP contribution < -0.4 is 10.6 Å². The highest BCUT2D eigenvalue weighted by molar-refractivity contribution is 5.84. The van der Waals surface area contributed by atoms with Gasteiger partial charge in [0.2, 0.25) is 5.91 Å². The highest BCUT2D eigenvalue weighted by atomic mass is 16.1. The zero-order chi connectivity index (χ0) is 13.8. The molecule has 1 saturated heterocycles. The van der Waals surface area contributed by atoms with Crippen molar-refractivity contribution >= 4 is 16.8 Å². The van der Waals surface area contributed by atoms with Crippen LogP contribution in [-0.4, -0.2) is 30.0 Å². The zero-order valence-corrected chi connectivity index (χ0v) is 11.6. The van der Waals surface area contributed by atoms with Gasteiger partial charge in [-0.25, -0.2) is 0 Å². The number of benzene rings is 1. The van der Waals surface area contributed by atoms with Crippen LogP contribution in [0.4, 0.5) is 0 Å². The largest absolute Gasteiger partial charge is 0.361 e. The van der Waals surface area contributed by atoms with Crippen molar-refractivity contribution in [3.63, 3.8) is 0 Å². The summed E-state index contributed by atoms with van der Waals surface area (Å²) in [6, 6.07) is 8.52. The number of carbonyl (C=O) groups excluding carboxylic acids is 1. The van der Waals surface area contributed by atoms with Gasteiger partial charge < -0.3 is 15.6 Å². The van der Waals surface area contributed by atoms with Gasteiger partial charge in [0.05, 0.1) is 0 Å². The van der Waals surface area contributed by atoms with E-state index >= 15 is 0 Å². The highest BCUT2D eigenvalue weighted by Gasteiger charge is 2.15. The Morgan fingerprint density at radius 1 is 1.35 bits per heavy atom. The number of nitrogens with one attached hydrogen (secondary N) is 3. The fourth-order valence-electron chi connectivity index (χ4n) is 2.86. The third kappa shape index (κ3) is 3.02. The van der Waals surface area contributed by atoms with Crippen molar-refractivity contribution in [3.05, 3.63) is 36.0 Å². The molecular formula is C16H21N3O. The van der Waals surface area contributed by atoms with Crippen molar-refractivity contribution in [2.75, 3.05) is 13.1 Å². The predicted octanol–water partition coefficient (Wildman–Crippen LogP) is 1.97. The quantitative estimate of drug-likeness (QED) is 0.796. The SMILES string of the molecule is O=C(CCc1c[nH]c2ccccc12)N[C@@H]1CCCNC1. The first kappa shape index (κ1) is 13.2. The van der Waals surface area contributed by atoms with E-state index in [-0.39, 0.29) is 5.91 Å². The Hall–Kier alpha value is -1.81. The zero-order valence-electron chi connectivity index (χ0n) is 11.6. The number of piperidine rings is 1. The maximum atomic E-state index is 12.0. The van der Waals surface area contributed by atoms with Crippen molar-refractivity contribution in [2.45, 2.75) is 31.7 Å². The minimum absolute atomic E-state index is 0.156. The van der Waals surface area contributed by atoms with E-state index in [1.807, 2.05) is 18.3 Å². The van der Waals surface area contributed by atoms with Crippen LogP contribution in [0, 0.1) is 0 Å². The summed E-state index contributed by atoms with van der Waals surface area (Å²) in [5.74, 6) is 0.156. The van der Waals surface area contributed by atoms with Crippen LogP contribution in [0.1, 0.15) is 24.8 Å². The molecule has 0 bridgehead atoms. The van der Waals surface area contributed by atoms with Gasteiger partial charge in [-0.1, -0.05) is 18.2 Å². The first-order valence-electron chi connectivity index (χ1n) is 7.38. The number of amides is 1. The van der Waals surface area contributed by atoms with E-state index in [9.17, 15) is 4.79 Å². The van der Waals surface area contributed by atoms with Crippen molar-refractivity contribution in [1.29, 1.82) is 0 Å². The predicted molar refractivity (Wildman–Crippen MR) is 80.7 cm³/mol. The maximum absolute atomic E-state index is 12.0. The minimum Gasteiger partial charge on any atom is -0.361 e. The summed E-state index contributed by atoms with van der Waals surface area (Å²) in [5, 5.41) is 7.65. The summed E-state index contributed by atoms with van der Waals surface area (Å²) in [7, 11) is 0. The average Bonchev–Trinajstić information content (AvgIpc) is 2.89. The van der Waals surface area contributed by atoms with Gasteiger partial charge in [-0.3, -0.25) is 4.79 Å². The highest BCUT2D eigenvalue weighted by Crippen LogP contribution is 2.18. The molecule has 0 aliphatic carbocycles. The first-order valence-corrected chi connectivity index (χ1v) is 7.38. The number of aryl methyl sites for hydroxylation is 1. The summed E-state index contributed by atoms with van der Waals surface area (Å²) in [4.78, 5) is 15.2. The van der Waals surface area contributed by atoms with Crippen molar-refractivity contribution in [3.8, 4) is 0 Å². The number of fused-ring (bicyclic) bond motifs is 1. The van der Waals surface area contributed by atoms with E-state index in [1.165, 1.54) is 10.9 Å². The Bertz CT molecular complexity index is 584. The summed E-state index contributed by atoms with van der Waals surface area (Å²) in [6.45, 7) is 1.97. The molecule has 3 rings (SSSR count). The van der Waals surface area contributed by atoms with E-state index in [0.717, 1.165) is 37.9 Å². The van der Waals surface area contributed by atoms with Crippen LogP contribution >= 0.6 is 0 Å². The van der Waals surface area contributed by atoms with Gasteiger partial charge in [-0.2, -0.15) is 0 Å². The van der Waals surface area contributed by atoms with Gasteiger partial charge in [-0.05, 0) is 37.4 Å². The van der Waals surface area contributed by atoms with Crippen molar-refractivity contribution in [1.82, 2.24) is 15.6 Å². The molecule has 1 fully saturated rings. The topological polar surface area (TPSA) is 56.9 Å². The standard InChI is InChI=1S/C16H21N3O/c20-16(19-13-4-3-9-17-11-13)8-7-12-10-18-15-6-2-1-5-14(12)15/h1-2,5-6,10,13,17-18H,3-4,7-9,11H2,(H,19,20)/t13-/m1/s1. The maximum Gasteiger partial charge on any atom is 0.220 e. The number of hydrogen-bond acceptors (Lipinski definition) is 2. The Morgan fingerprint density at radius 3 is 3.10 bits per heavy atom. The lowest BCUT2D eigenvalue weighted by Gasteiger charge is -2.23. The van der Waals surface area contributed by atoms with E-state index in [1.54, 1.807) is 0 Å². The molecular weight excluding hydrogens is 250 g/mol. The molecule has 106 valence electrons. The Balaban J connectivity index is 1.54. The Kier molecular flexibility index (Phi) is 4.02. The summed E-state index contributed by atoms with van der Waals surface area (Å²) in [6.07, 6.45) is 5.59. The lowest BCUT2D eigenvalue weighted by atomic mass is 10.1. The van der Waals surface area contributed by atoms with Gasteiger partial charge in [0, 0.05) is 36.1 Å². The number of para-hydroxylation sites is 1. The molecule has 1 aromatic heterocycles. The normalized spacial score (nSPS) is 19.1. The smallest absolute Gasteiger partial charge is 0.220 e. The third-order valence-corrected chi connectivity index (χ3v) is 3.96. The molecule has 1 atom stereocenters. The summed E-state index contributed by atoms with van der Waals surface area (Å²) < 4.78 is 0. The molecule has 0 unspecified atom stereocenters. The van der Waals surface area contributed by atoms with Gasteiger partial charge in [-0.15, -0.1) is 0 Å². The van der Waals surface area contributed by atoms with E-state index < -0.39 is 0 Å². The van der Waals surface area contributed by atoms with Crippen LogP contribution in [0.15, 0.2) is 30.5 Å². The second-order valence-corrected chi connectivity index (χ2v) is 5.47. The lowest BCUT2D eigenvalue weighted by Crippen LogP contribution is -2.45. The fraction of sp³-hybridized carbons (Fsp3) is 0.438. The molecule has 3 N–H and O–H groups in total. The van der Waals surface area contributed by atoms with Crippen LogP contribution in [-0.2, 0) is 11.2 Å². The van der Waals surface area contributed by atoms with E-state index in [0.29, 0.717) is 12.5 Å². The summed E-state index contributed by atoms with van der Waals surface area (Å²) >= 11 is 0. The Morgan fingerprint density at radius 2 is 2.25 bits per heavy atom. The van der Waals surface area contributed by atoms with Crippen molar-refractivity contribution in [2.24, 2.45) is 0 Å². The molecule has 2 aromatic rings. The minimum atomic E-state index is 0.156. The van der Waals surface area contributed by atoms with Gasteiger partial charge in [0.15, 0.2) is 0 Å². The van der Waals surface area contributed by atoms with Crippen molar-refractivity contribution < 1.29 is 4.79 Å². The number of carbonyl (C=O) groups is 1. The molecule has 1 aliphatic heterocycles. The van der Waals surface area contributed by atoms with Crippen LogP contribution in [0.2, 0.25) is 0 Å². The molecule has 4 heteroatoms. The third-order valence-electron chi connectivity index (χ3n) is 3.96. The van der Waals surface area contributed by atoms with Gasteiger partial charge in [0.25, 0.3) is 0 Å². The number of hydrogen-bond donors (Lipinski definition) is 3. The molecule has 1 aromatic carbocycles. The number of aromatic amines is 1. The molecule has 4 nitrogen and oxygen atoms in total. The monoisotopic (exact) mass is 271 g/mol.